The fourth-order valence-corrected chi connectivity index (χ4v) is 4.30. The van der Waals surface area contributed by atoms with E-state index in [-0.39, 0.29) is 12.6 Å². The first-order valence-electron chi connectivity index (χ1n) is 7.66. The Morgan fingerprint density at radius 3 is 2.84 bits per heavy atom. The van der Waals surface area contributed by atoms with Crippen LogP contribution in [0.1, 0.15) is 27.2 Å². The van der Waals surface area contributed by atoms with Crippen LogP contribution in [0.4, 0.5) is 0 Å². The Bertz CT molecular complexity index is 879. The normalized spacial score (nSPS) is 10.6. The highest BCUT2D eigenvalue weighted by Gasteiger charge is 2.13. The number of aromatic nitrogens is 1. The number of thiazole rings is 1. The van der Waals surface area contributed by atoms with Gasteiger partial charge in [0, 0.05) is 21.8 Å². The first kappa shape index (κ1) is 18.0. The molecule has 0 saturated heterocycles. The van der Waals surface area contributed by atoms with E-state index >= 15 is 0 Å². The molecule has 3 rings (SSSR count). The molecule has 0 aliphatic carbocycles. The van der Waals surface area contributed by atoms with Gasteiger partial charge in [0.25, 0.3) is 0 Å². The maximum atomic E-state index is 12.5. The Hall–Kier alpha value is -1.82. The summed E-state index contributed by atoms with van der Waals surface area (Å²) in [6.45, 7) is 2.17. The zero-order valence-corrected chi connectivity index (χ0v) is 16.0. The molecular formula is C19H16ClNO2S2. The van der Waals surface area contributed by atoms with Gasteiger partial charge >= 0.3 is 5.97 Å². The second-order valence-electron chi connectivity index (χ2n) is 5.41. The summed E-state index contributed by atoms with van der Waals surface area (Å²) in [7, 11) is 0. The summed E-state index contributed by atoms with van der Waals surface area (Å²) in [6, 6.07) is 14.8. The number of ether oxygens (including phenoxy) is 1. The highest BCUT2D eigenvalue weighted by atomic mass is 35.5. The summed E-state index contributed by atoms with van der Waals surface area (Å²) < 4.78 is 6.45. The van der Waals surface area contributed by atoms with Gasteiger partial charge in [-0.25, -0.2) is 9.78 Å². The van der Waals surface area contributed by atoms with Crippen LogP contribution >= 0.6 is 34.7 Å². The van der Waals surface area contributed by atoms with Gasteiger partial charge in [-0.05, 0) is 36.2 Å². The lowest BCUT2D eigenvalue weighted by molar-refractivity contribution is 0.0472. The van der Waals surface area contributed by atoms with E-state index in [1.807, 2.05) is 42.6 Å². The number of carbonyl (C=O) groups excluding carboxylic acids is 1. The van der Waals surface area contributed by atoms with Crippen molar-refractivity contribution in [2.45, 2.75) is 23.6 Å². The monoisotopic (exact) mass is 389 g/mol. The van der Waals surface area contributed by atoms with Gasteiger partial charge in [0.2, 0.25) is 0 Å². The van der Waals surface area contributed by atoms with Crippen molar-refractivity contribution in [3.05, 3.63) is 81.3 Å². The minimum Gasteiger partial charge on any atom is -0.457 e. The number of hydrogen-bond acceptors (Lipinski definition) is 5. The van der Waals surface area contributed by atoms with Crippen molar-refractivity contribution in [2.75, 3.05) is 0 Å². The Labute approximate surface area is 160 Å². The van der Waals surface area contributed by atoms with Crippen molar-refractivity contribution in [1.29, 1.82) is 0 Å². The van der Waals surface area contributed by atoms with E-state index in [0.29, 0.717) is 16.3 Å². The molecule has 0 spiro atoms. The molecule has 1 aromatic heterocycles. The van der Waals surface area contributed by atoms with Crippen molar-refractivity contribution < 1.29 is 9.53 Å². The zero-order chi connectivity index (χ0) is 17.6. The molecule has 3 aromatic rings. The number of benzene rings is 2. The van der Waals surface area contributed by atoms with E-state index in [4.69, 9.17) is 16.3 Å². The third kappa shape index (κ3) is 5.08. The molecule has 0 bridgehead atoms. The maximum absolute atomic E-state index is 12.5. The van der Waals surface area contributed by atoms with Crippen LogP contribution in [-0.2, 0) is 17.1 Å². The molecule has 2 aromatic carbocycles. The number of hydrogen-bond donors (Lipinski definition) is 0. The molecule has 0 radical (unpaired) electrons. The average molecular weight is 390 g/mol. The number of carbonyl (C=O) groups is 1. The van der Waals surface area contributed by atoms with Crippen LogP contribution < -0.4 is 0 Å². The highest BCUT2D eigenvalue weighted by Crippen LogP contribution is 2.27. The second kappa shape index (κ2) is 8.52. The summed E-state index contributed by atoms with van der Waals surface area (Å²) >= 11 is 9.20. The molecule has 1 heterocycles. The zero-order valence-electron chi connectivity index (χ0n) is 13.6. The smallest absolute Gasteiger partial charge is 0.338 e. The lowest BCUT2D eigenvalue weighted by atomic mass is 10.1. The first-order valence-corrected chi connectivity index (χ1v) is 9.90. The number of thioether (sulfide) groups is 1. The van der Waals surface area contributed by atoms with E-state index in [1.54, 1.807) is 41.3 Å². The molecule has 128 valence electrons. The van der Waals surface area contributed by atoms with Crippen molar-refractivity contribution in [3.63, 3.8) is 0 Å². The van der Waals surface area contributed by atoms with E-state index in [9.17, 15) is 4.79 Å². The van der Waals surface area contributed by atoms with E-state index in [1.165, 1.54) is 0 Å². The highest BCUT2D eigenvalue weighted by molar-refractivity contribution is 8.00. The molecule has 0 saturated carbocycles. The minimum atomic E-state index is -0.327. The Balaban J connectivity index is 1.65. The van der Waals surface area contributed by atoms with E-state index in [0.717, 1.165) is 21.2 Å². The molecule has 3 nitrogen and oxygen atoms in total. The maximum Gasteiger partial charge on any atom is 0.338 e. The summed E-state index contributed by atoms with van der Waals surface area (Å²) in [4.78, 5) is 16.9. The Morgan fingerprint density at radius 1 is 1.24 bits per heavy atom. The SMILES string of the molecule is Cc1csc(SCc2ccccc2C(=O)OCc2cccc(Cl)c2)n1. The average Bonchev–Trinajstić information content (AvgIpc) is 3.03. The predicted molar refractivity (Wildman–Crippen MR) is 103 cm³/mol. The third-order valence-electron chi connectivity index (χ3n) is 3.45. The van der Waals surface area contributed by atoms with Crippen molar-refractivity contribution >= 4 is 40.7 Å². The molecule has 0 unspecified atom stereocenters. The second-order valence-corrected chi connectivity index (χ2v) is 7.92. The van der Waals surface area contributed by atoms with Crippen LogP contribution in [0.2, 0.25) is 5.02 Å². The molecular weight excluding hydrogens is 374 g/mol. The lowest BCUT2D eigenvalue weighted by Gasteiger charge is -2.09. The van der Waals surface area contributed by atoms with Gasteiger partial charge in [-0.15, -0.1) is 11.3 Å². The van der Waals surface area contributed by atoms with Crippen molar-refractivity contribution in [1.82, 2.24) is 4.98 Å². The van der Waals surface area contributed by atoms with Crippen molar-refractivity contribution in [2.24, 2.45) is 0 Å². The molecule has 0 aliphatic heterocycles. The van der Waals surface area contributed by atoms with Gasteiger partial charge in [0.15, 0.2) is 0 Å². The molecule has 25 heavy (non-hydrogen) atoms. The number of rotatable bonds is 6. The number of aryl methyl sites for hydroxylation is 1. The molecule has 0 atom stereocenters. The van der Waals surface area contributed by atoms with Gasteiger partial charge < -0.3 is 4.74 Å². The first-order chi connectivity index (χ1) is 12.1. The quantitative estimate of drug-likeness (QED) is 0.397. The molecule has 0 amide bonds. The predicted octanol–water partition coefficient (Wildman–Crippen LogP) is 5.75. The number of nitrogens with zero attached hydrogens (tertiary/aromatic N) is 1. The van der Waals surface area contributed by atoms with E-state index < -0.39 is 0 Å². The molecule has 0 N–H and O–H groups in total. The van der Waals surface area contributed by atoms with Gasteiger partial charge in [-0.2, -0.15) is 0 Å². The van der Waals surface area contributed by atoms with E-state index in [2.05, 4.69) is 4.98 Å². The number of halogens is 1. The van der Waals surface area contributed by atoms with Crippen LogP contribution in [0.15, 0.2) is 58.3 Å². The Morgan fingerprint density at radius 2 is 2.08 bits per heavy atom. The van der Waals surface area contributed by atoms with Crippen LogP contribution in [0.3, 0.4) is 0 Å². The molecule has 0 aliphatic rings. The van der Waals surface area contributed by atoms with Crippen LogP contribution in [0.5, 0.6) is 0 Å². The topological polar surface area (TPSA) is 39.2 Å². The molecule has 0 fully saturated rings. The van der Waals surface area contributed by atoms with Gasteiger partial charge in [0.1, 0.15) is 10.9 Å². The van der Waals surface area contributed by atoms with Crippen LogP contribution in [0, 0.1) is 6.92 Å². The minimum absolute atomic E-state index is 0.201. The summed E-state index contributed by atoms with van der Waals surface area (Å²) in [5.41, 5.74) is 3.41. The van der Waals surface area contributed by atoms with Crippen LogP contribution in [-0.4, -0.2) is 11.0 Å². The Kier molecular flexibility index (Phi) is 6.13. The van der Waals surface area contributed by atoms with Gasteiger partial charge in [-0.3, -0.25) is 0 Å². The largest absolute Gasteiger partial charge is 0.457 e. The van der Waals surface area contributed by atoms with Gasteiger partial charge in [-0.1, -0.05) is 53.7 Å². The van der Waals surface area contributed by atoms with Crippen molar-refractivity contribution in [3.8, 4) is 0 Å². The lowest BCUT2D eigenvalue weighted by Crippen LogP contribution is -2.08. The third-order valence-corrected chi connectivity index (χ3v) is 5.87. The summed E-state index contributed by atoms with van der Waals surface area (Å²) in [5, 5.41) is 2.65. The summed E-state index contributed by atoms with van der Waals surface area (Å²) in [6.07, 6.45) is 0. The number of esters is 1. The standard InChI is InChI=1S/C19H16ClNO2S2/c1-13-11-24-19(21-13)25-12-15-6-2-3-8-17(15)18(22)23-10-14-5-4-7-16(20)9-14/h2-9,11H,10,12H2,1H3. The fraction of sp³-hybridized carbons (Fsp3) is 0.158. The molecule has 6 heteroatoms. The fourth-order valence-electron chi connectivity index (χ4n) is 2.24. The van der Waals surface area contributed by atoms with Crippen LogP contribution in [0.25, 0.3) is 0 Å². The van der Waals surface area contributed by atoms with Gasteiger partial charge in [0.05, 0.1) is 5.56 Å². The summed E-state index contributed by atoms with van der Waals surface area (Å²) in [5.74, 6) is 0.349.